The van der Waals surface area contributed by atoms with Gasteiger partial charge in [0.05, 0.1) is 6.61 Å². The standard InChI is InChI=1S/C18H20O3S/c1-4-21-17(19)18(2,20)14-11-9-13(10-12-14)15-7-5-6-8-16(15)22-3/h5-12,20H,4H2,1-3H3. The lowest BCUT2D eigenvalue weighted by atomic mass is 9.94. The highest BCUT2D eigenvalue weighted by Crippen LogP contribution is 2.31. The fraction of sp³-hybridized carbons (Fsp3) is 0.278. The number of aliphatic hydroxyl groups is 1. The highest BCUT2D eigenvalue weighted by Gasteiger charge is 2.33. The molecule has 0 aliphatic rings. The Bertz CT molecular complexity index is 648. The molecule has 0 fully saturated rings. The van der Waals surface area contributed by atoms with Gasteiger partial charge in [-0.2, -0.15) is 0 Å². The predicted octanol–water partition coefficient (Wildman–Crippen LogP) is 3.85. The minimum Gasteiger partial charge on any atom is -0.464 e. The molecule has 0 bridgehead atoms. The summed E-state index contributed by atoms with van der Waals surface area (Å²) in [4.78, 5) is 13.0. The Morgan fingerprint density at radius 3 is 2.41 bits per heavy atom. The van der Waals surface area contributed by atoms with Crippen molar-refractivity contribution in [1.29, 1.82) is 0 Å². The van der Waals surface area contributed by atoms with Crippen LogP contribution in [0.25, 0.3) is 11.1 Å². The van der Waals surface area contributed by atoms with E-state index in [0.29, 0.717) is 5.56 Å². The number of benzene rings is 2. The van der Waals surface area contributed by atoms with Crippen LogP contribution in [0.3, 0.4) is 0 Å². The fourth-order valence-corrected chi connectivity index (χ4v) is 2.87. The Hall–Kier alpha value is -1.78. The van der Waals surface area contributed by atoms with Crippen LogP contribution >= 0.6 is 11.8 Å². The Kier molecular flexibility index (Phi) is 5.27. The molecule has 22 heavy (non-hydrogen) atoms. The Labute approximate surface area is 135 Å². The smallest absolute Gasteiger partial charge is 0.342 e. The van der Waals surface area contributed by atoms with Crippen LogP contribution in [0.2, 0.25) is 0 Å². The van der Waals surface area contributed by atoms with Gasteiger partial charge in [-0.15, -0.1) is 11.8 Å². The normalized spacial score (nSPS) is 13.5. The van der Waals surface area contributed by atoms with Crippen molar-refractivity contribution >= 4 is 17.7 Å². The third-order valence-corrected chi connectivity index (χ3v) is 4.33. The van der Waals surface area contributed by atoms with Gasteiger partial charge in [0, 0.05) is 4.90 Å². The zero-order valence-electron chi connectivity index (χ0n) is 13.0. The highest BCUT2D eigenvalue weighted by atomic mass is 32.2. The molecule has 0 amide bonds. The van der Waals surface area contributed by atoms with Crippen LogP contribution in [0.1, 0.15) is 19.4 Å². The summed E-state index contributed by atoms with van der Waals surface area (Å²) >= 11 is 1.69. The first-order valence-corrected chi connectivity index (χ1v) is 8.36. The number of hydrogen-bond acceptors (Lipinski definition) is 4. The van der Waals surface area contributed by atoms with Crippen molar-refractivity contribution in [2.24, 2.45) is 0 Å². The SMILES string of the molecule is CCOC(=O)C(C)(O)c1ccc(-c2ccccc2SC)cc1. The monoisotopic (exact) mass is 316 g/mol. The molecule has 2 aromatic rings. The number of esters is 1. The molecular formula is C18H20O3S. The lowest BCUT2D eigenvalue weighted by Crippen LogP contribution is -2.34. The van der Waals surface area contributed by atoms with E-state index in [1.165, 1.54) is 11.8 Å². The summed E-state index contributed by atoms with van der Waals surface area (Å²) in [6, 6.07) is 15.5. The molecule has 0 spiro atoms. The molecule has 116 valence electrons. The van der Waals surface area contributed by atoms with E-state index in [2.05, 4.69) is 12.1 Å². The minimum absolute atomic E-state index is 0.244. The number of thioether (sulfide) groups is 1. The van der Waals surface area contributed by atoms with Gasteiger partial charge in [-0.1, -0.05) is 42.5 Å². The zero-order chi connectivity index (χ0) is 16.2. The zero-order valence-corrected chi connectivity index (χ0v) is 13.8. The number of carbonyl (C=O) groups is 1. The van der Waals surface area contributed by atoms with E-state index >= 15 is 0 Å². The summed E-state index contributed by atoms with van der Waals surface area (Å²) in [6.45, 7) is 3.42. The lowest BCUT2D eigenvalue weighted by Gasteiger charge is -2.21. The molecule has 2 rings (SSSR count). The second-order valence-electron chi connectivity index (χ2n) is 5.07. The van der Waals surface area contributed by atoms with Gasteiger partial charge in [-0.05, 0) is 42.9 Å². The van der Waals surface area contributed by atoms with Gasteiger partial charge in [-0.25, -0.2) is 4.79 Å². The van der Waals surface area contributed by atoms with Crippen LogP contribution in [0.4, 0.5) is 0 Å². The second kappa shape index (κ2) is 6.99. The molecule has 4 heteroatoms. The summed E-state index contributed by atoms with van der Waals surface area (Å²) in [5.41, 5.74) is 1.08. The van der Waals surface area contributed by atoms with E-state index < -0.39 is 11.6 Å². The van der Waals surface area contributed by atoms with Crippen molar-refractivity contribution in [3.8, 4) is 11.1 Å². The second-order valence-corrected chi connectivity index (χ2v) is 5.92. The summed E-state index contributed by atoms with van der Waals surface area (Å²) in [5.74, 6) is -0.632. The van der Waals surface area contributed by atoms with Crippen LogP contribution in [0.5, 0.6) is 0 Å². The fourth-order valence-electron chi connectivity index (χ4n) is 2.25. The first-order chi connectivity index (χ1) is 10.5. The van der Waals surface area contributed by atoms with Crippen LogP contribution in [-0.4, -0.2) is 23.9 Å². The van der Waals surface area contributed by atoms with Gasteiger partial charge in [0.25, 0.3) is 0 Å². The Balaban J connectivity index is 2.33. The van der Waals surface area contributed by atoms with Gasteiger partial charge in [0.2, 0.25) is 0 Å². The molecule has 0 radical (unpaired) electrons. The molecule has 1 atom stereocenters. The average molecular weight is 316 g/mol. The van der Waals surface area contributed by atoms with Crippen LogP contribution in [0, 0.1) is 0 Å². The maximum absolute atomic E-state index is 11.8. The van der Waals surface area contributed by atoms with Gasteiger partial charge >= 0.3 is 5.97 Å². The topological polar surface area (TPSA) is 46.5 Å². The molecule has 0 saturated heterocycles. The van der Waals surface area contributed by atoms with E-state index in [4.69, 9.17) is 4.74 Å². The van der Waals surface area contributed by atoms with E-state index in [9.17, 15) is 9.90 Å². The van der Waals surface area contributed by atoms with Crippen molar-refractivity contribution < 1.29 is 14.6 Å². The van der Waals surface area contributed by atoms with Crippen LogP contribution < -0.4 is 0 Å². The first-order valence-electron chi connectivity index (χ1n) is 7.14. The maximum atomic E-state index is 11.8. The number of hydrogen-bond donors (Lipinski definition) is 1. The number of rotatable bonds is 5. The van der Waals surface area contributed by atoms with E-state index in [0.717, 1.165) is 11.1 Å². The van der Waals surface area contributed by atoms with E-state index in [1.807, 2.05) is 30.5 Å². The van der Waals surface area contributed by atoms with Crippen LogP contribution in [-0.2, 0) is 15.1 Å². The van der Waals surface area contributed by atoms with Crippen LogP contribution in [0.15, 0.2) is 53.4 Å². The molecule has 0 aliphatic carbocycles. The number of carbonyl (C=O) groups excluding carboxylic acids is 1. The van der Waals surface area contributed by atoms with E-state index in [1.54, 1.807) is 30.8 Å². The molecule has 1 unspecified atom stereocenters. The van der Waals surface area contributed by atoms with Crippen molar-refractivity contribution in [2.75, 3.05) is 12.9 Å². The predicted molar refractivity (Wildman–Crippen MR) is 89.9 cm³/mol. The summed E-state index contributed by atoms with van der Waals surface area (Å²) in [5, 5.41) is 10.4. The summed E-state index contributed by atoms with van der Waals surface area (Å²) < 4.78 is 4.92. The quantitative estimate of drug-likeness (QED) is 0.672. The molecule has 0 aliphatic heterocycles. The largest absolute Gasteiger partial charge is 0.464 e. The molecule has 0 saturated carbocycles. The third-order valence-electron chi connectivity index (χ3n) is 3.54. The van der Waals surface area contributed by atoms with Crippen molar-refractivity contribution in [2.45, 2.75) is 24.3 Å². The van der Waals surface area contributed by atoms with Crippen molar-refractivity contribution in [3.63, 3.8) is 0 Å². The average Bonchev–Trinajstić information content (AvgIpc) is 2.55. The molecule has 0 aromatic heterocycles. The molecule has 3 nitrogen and oxygen atoms in total. The van der Waals surface area contributed by atoms with Gasteiger partial charge in [0.1, 0.15) is 0 Å². The highest BCUT2D eigenvalue weighted by molar-refractivity contribution is 7.98. The molecule has 1 N–H and O–H groups in total. The van der Waals surface area contributed by atoms with Gasteiger partial charge < -0.3 is 9.84 Å². The minimum atomic E-state index is -1.63. The summed E-state index contributed by atoms with van der Waals surface area (Å²) in [7, 11) is 0. The lowest BCUT2D eigenvalue weighted by molar-refractivity contribution is -0.164. The van der Waals surface area contributed by atoms with E-state index in [-0.39, 0.29) is 6.61 Å². The third kappa shape index (κ3) is 3.34. The van der Waals surface area contributed by atoms with Gasteiger partial charge in [-0.3, -0.25) is 0 Å². The molecule has 2 aromatic carbocycles. The molecular weight excluding hydrogens is 296 g/mol. The maximum Gasteiger partial charge on any atom is 0.342 e. The van der Waals surface area contributed by atoms with Gasteiger partial charge in [0.15, 0.2) is 5.60 Å². The molecule has 0 heterocycles. The number of ether oxygens (including phenoxy) is 1. The van der Waals surface area contributed by atoms with Crippen molar-refractivity contribution in [3.05, 3.63) is 54.1 Å². The van der Waals surface area contributed by atoms with Crippen molar-refractivity contribution in [1.82, 2.24) is 0 Å². The first kappa shape index (κ1) is 16.6. The summed E-state index contributed by atoms with van der Waals surface area (Å²) in [6.07, 6.45) is 2.04. The Morgan fingerprint density at radius 1 is 1.18 bits per heavy atom. The Morgan fingerprint density at radius 2 is 1.82 bits per heavy atom.